The highest BCUT2D eigenvalue weighted by atomic mass is 32.2. The summed E-state index contributed by atoms with van der Waals surface area (Å²) in [7, 11) is -12.0. The van der Waals surface area contributed by atoms with Crippen LogP contribution in [0.15, 0.2) is 89.8 Å². The van der Waals surface area contributed by atoms with Crippen molar-refractivity contribution in [3.63, 3.8) is 0 Å². The Morgan fingerprint density at radius 2 is 1.00 bits per heavy atom. The van der Waals surface area contributed by atoms with E-state index in [9.17, 15) is 25.3 Å². The molecule has 3 aromatic rings. The van der Waals surface area contributed by atoms with Gasteiger partial charge in [0.1, 0.15) is 11.5 Å². The number of rotatable bonds is 14. The summed E-state index contributed by atoms with van der Waals surface area (Å²) in [6.45, 7) is 0.262. The Morgan fingerprint density at radius 3 is 1.41 bits per heavy atom. The molecule has 0 unspecified atom stereocenters. The zero-order valence-electron chi connectivity index (χ0n) is 20.3. The van der Waals surface area contributed by atoms with Crippen molar-refractivity contribution in [3.8, 4) is 0 Å². The van der Waals surface area contributed by atoms with Gasteiger partial charge in [-0.25, -0.2) is 8.42 Å². The third kappa shape index (κ3) is 9.33. The third-order valence-electron chi connectivity index (χ3n) is 5.24. The molecule has 0 aromatic heterocycles. The zero-order valence-corrected chi connectivity index (χ0v) is 22.7. The minimum absolute atomic E-state index is 0.0163. The molecule has 0 aliphatic carbocycles. The van der Waals surface area contributed by atoms with E-state index in [1.807, 2.05) is 6.92 Å². The quantitative estimate of drug-likeness (QED) is 0.272. The molecule has 3 rings (SSSR count). The molecule has 0 radical (unpaired) electrons. The Hall–Kier alpha value is -2.61. The second-order valence-corrected chi connectivity index (χ2v) is 13.5. The van der Waals surface area contributed by atoms with Crippen LogP contribution in [0.5, 0.6) is 0 Å². The summed E-state index contributed by atoms with van der Waals surface area (Å²) in [5.74, 6) is -0.723. The molecule has 0 aliphatic heterocycles. The number of aryl methyl sites for hydroxylation is 1. The molecule has 0 amide bonds. The molecule has 0 bridgehead atoms. The number of nitrogens with zero attached hydrogens (tertiary/aromatic N) is 1. The minimum Gasteiger partial charge on any atom is -0.268 e. The zero-order chi connectivity index (χ0) is 26.9. The highest BCUT2D eigenvalue weighted by Crippen LogP contribution is 2.17. The first-order chi connectivity index (χ1) is 17.5. The number of benzene rings is 3. The van der Waals surface area contributed by atoms with Crippen LogP contribution in [0.25, 0.3) is 0 Å². The fourth-order valence-corrected chi connectivity index (χ4v) is 6.82. The summed E-state index contributed by atoms with van der Waals surface area (Å²) in [6.07, 6.45) is 0. The maximum Gasteiger partial charge on any atom is 0.271 e. The summed E-state index contributed by atoms with van der Waals surface area (Å²) in [6, 6.07) is 23.0. The average Bonchev–Trinajstić information content (AvgIpc) is 2.84. The van der Waals surface area contributed by atoms with E-state index in [1.165, 1.54) is 12.1 Å². The van der Waals surface area contributed by atoms with E-state index in [-0.39, 0.29) is 29.5 Å². The maximum atomic E-state index is 13.3. The Balaban J connectivity index is 1.67. The van der Waals surface area contributed by atoms with Crippen molar-refractivity contribution in [2.75, 3.05) is 26.3 Å². The molecule has 0 spiro atoms. The first-order valence-electron chi connectivity index (χ1n) is 11.4. The third-order valence-corrected chi connectivity index (χ3v) is 9.58. The van der Waals surface area contributed by atoms with Gasteiger partial charge in [-0.3, -0.25) is 8.37 Å². The molecule has 200 valence electrons. The van der Waals surface area contributed by atoms with Crippen LogP contribution in [-0.2, 0) is 50.1 Å². The Labute approximate surface area is 219 Å². The summed E-state index contributed by atoms with van der Waals surface area (Å²) in [5.41, 5.74) is 1.92. The van der Waals surface area contributed by atoms with E-state index in [0.29, 0.717) is 11.1 Å². The van der Waals surface area contributed by atoms with Crippen LogP contribution in [0.3, 0.4) is 0 Å². The fourth-order valence-electron chi connectivity index (χ4n) is 3.38. The summed E-state index contributed by atoms with van der Waals surface area (Å²) in [4.78, 5) is -0.0163. The lowest BCUT2D eigenvalue weighted by Gasteiger charge is -2.22. The molecular weight excluding hydrogens is 538 g/mol. The molecule has 37 heavy (non-hydrogen) atoms. The molecule has 0 atom stereocenters. The van der Waals surface area contributed by atoms with Crippen LogP contribution in [0.4, 0.5) is 0 Å². The van der Waals surface area contributed by atoms with Crippen LogP contribution in [-0.4, -0.2) is 55.9 Å². The average molecular weight is 568 g/mol. The van der Waals surface area contributed by atoms with E-state index in [0.717, 1.165) is 9.87 Å². The lowest BCUT2D eigenvalue weighted by molar-refractivity contribution is 0.242. The van der Waals surface area contributed by atoms with E-state index in [4.69, 9.17) is 8.37 Å². The van der Waals surface area contributed by atoms with Crippen LogP contribution in [0.1, 0.15) is 16.7 Å². The molecule has 0 saturated carbocycles. The van der Waals surface area contributed by atoms with Gasteiger partial charge in [-0.1, -0.05) is 78.4 Å². The number of hydrogen-bond acceptors (Lipinski definition) is 8. The lowest BCUT2D eigenvalue weighted by Crippen LogP contribution is -2.37. The van der Waals surface area contributed by atoms with Gasteiger partial charge in [-0.2, -0.15) is 21.1 Å². The van der Waals surface area contributed by atoms with Crippen molar-refractivity contribution < 1.29 is 33.6 Å². The standard InChI is InChI=1S/C25H29NO8S3/c1-22-12-14-25(15-13-22)37(31,32)26(16-18-33-35(27,28)20-23-8-4-2-5-9-23)17-19-34-36(29,30)21-24-10-6-3-7-11-24/h2-15H,16-21H2,1H3. The van der Waals surface area contributed by atoms with Gasteiger partial charge in [0.05, 0.1) is 18.1 Å². The summed E-state index contributed by atoms with van der Waals surface area (Å²) < 4.78 is 87.0. The van der Waals surface area contributed by atoms with Gasteiger partial charge in [-0.15, -0.1) is 0 Å². The van der Waals surface area contributed by atoms with Crippen LogP contribution < -0.4 is 0 Å². The Bertz CT molecular complexity index is 1380. The molecule has 0 saturated heterocycles. The minimum atomic E-state index is -4.09. The highest BCUT2D eigenvalue weighted by molar-refractivity contribution is 7.89. The van der Waals surface area contributed by atoms with Gasteiger partial charge in [0, 0.05) is 13.1 Å². The molecule has 12 heteroatoms. The Morgan fingerprint density at radius 1 is 0.595 bits per heavy atom. The molecule has 9 nitrogen and oxygen atoms in total. The van der Waals surface area contributed by atoms with Crippen molar-refractivity contribution in [3.05, 3.63) is 102 Å². The second-order valence-electron chi connectivity index (χ2n) is 8.24. The molecular formula is C25H29NO8S3. The first-order valence-corrected chi connectivity index (χ1v) is 16.0. The molecule has 0 N–H and O–H groups in total. The van der Waals surface area contributed by atoms with Crippen LogP contribution in [0, 0.1) is 6.92 Å². The molecule has 0 fully saturated rings. The fraction of sp³-hybridized carbons (Fsp3) is 0.280. The van der Waals surface area contributed by atoms with Crippen molar-refractivity contribution in [2.24, 2.45) is 0 Å². The van der Waals surface area contributed by atoms with E-state index in [2.05, 4.69) is 0 Å². The first kappa shape index (κ1) is 29.0. The van der Waals surface area contributed by atoms with Gasteiger partial charge >= 0.3 is 0 Å². The number of hydrogen-bond donors (Lipinski definition) is 0. The van der Waals surface area contributed by atoms with Crippen molar-refractivity contribution in [2.45, 2.75) is 23.3 Å². The van der Waals surface area contributed by atoms with E-state index < -0.39 is 43.5 Å². The van der Waals surface area contributed by atoms with Crippen molar-refractivity contribution in [1.29, 1.82) is 0 Å². The van der Waals surface area contributed by atoms with E-state index >= 15 is 0 Å². The summed E-state index contributed by atoms with van der Waals surface area (Å²) >= 11 is 0. The van der Waals surface area contributed by atoms with Crippen LogP contribution >= 0.6 is 0 Å². The van der Waals surface area contributed by atoms with Crippen LogP contribution in [0.2, 0.25) is 0 Å². The monoisotopic (exact) mass is 567 g/mol. The normalized spacial score (nSPS) is 12.6. The topological polar surface area (TPSA) is 124 Å². The molecule has 3 aromatic carbocycles. The van der Waals surface area contributed by atoms with Crippen molar-refractivity contribution in [1.82, 2.24) is 4.31 Å². The van der Waals surface area contributed by atoms with Gasteiger partial charge in [0.15, 0.2) is 0 Å². The predicted octanol–water partition coefficient (Wildman–Crippen LogP) is 3.08. The van der Waals surface area contributed by atoms with E-state index in [1.54, 1.807) is 72.8 Å². The molecule has 0 heterocycles. The second kappa shape index (κ2) is 12.8. The largest absolute Gasteiger partial charge is 0.271 e. The SMILES string of the molecule is Cc1ccc(S(=O)(=O)N(CCOS(=O)(=O)Cc2ccccc2)CCOS(=O)(=O)Cc2ccccc2)cc1. The number of sulfonamides is 1. The predicted molar refractivity (Wildman–Crippen MR) is 140 cm³/mol. The highest BCUT2D eigenvalue weighted by Gasteiger charge is 2.26. The van der Waals surface area contributed by atoms with Gasteiger partial charge < -0.3 is 0 Å². The Kier molecular flexibility index (Phi) is 9.99. The van der Waals surface area contributed by atoms with Gasteiger partial charge in [-0.05, 0) is 30.2 Å². The van der Waals surface area contributed by atoms with Gasteiger partial charge in [0.25, 0.3) is 20.2 Å². The maximum absolute atomic E-state index is 13.3. The van der Waals surface area contributed by atoms with Gasteiger partial charge in [0.2, 0.25) is 10.0 Å². The summed E-state index contributed by atoms with van der Waals surface area (Å²) in [5, 5.41) is 0. The molecule has 0 aliphatic rings. The van der Waals surface area contributed by atoms with Crippen molar-refractivity contribution >= 4 is 30.3 Å². The smallest absolute Gasteiger partial charge is 0.268 e. The lowest BCUT2D eigenvalue weighted by atomic mass is 10.2.